The molecule has 3 saturated carbocycles. The van der Waals surface area contributed by atoms with Crippen LogP contribution in [0, 0.1) is 45.8 Å². The van der Waals surface area contributed by atoms with E-state index in [2.05, 4.69) is 49.5 Å². The van der Waals surface area contributed by atoms with Crippen molar-refractivity contribution in [3.63, 3.8) is 0 Å². The van der Waals surface area contributed by atoms with E-state index in [9.17, 15) is 5.26 Å². The van der Waals surface area contributed by atoms with Crippen molar-refractivity contribution in [3.05, 3.63) is 11.6 Å². The lowest BCUT2D eigenvalue weighted by atomic mass is 9.47. The van der Waals surface area contributed by atoms with Crippen molar-refractivity contribution < 1.29 is 0 Å². The summed E-state index contributed by atoms with van der Waals surface area (Å²) in [5, 5.41) is 9.66. The van der Waals surface area contributed by atoms with Gasteiger partial charge in [-0.25, -0.2) is 0 Å². The highest BCUT2D eigenvalue weighted by molar-refractivity contribution is 8.21. The fraction of sp³-hybridized carbons (Fsp3) is 0.864. The summed E-state index contributed by atoms with van der Waals surface area (Å²) in [7, 11) is 0. The smallest absolute Gasteiger partial charge is 0.0795 e. The Morgan fingerprint density at radius 2 is 1.80 bits per heavy atom. The fourth-order valence-electron chi connectivity index (χ4n) is 7.59. The number of hydrogen-bond acceptors (Lipinski definition) is 3. The van der Waals surface area contributed by atoms with Crippen LogP contribution in [0.2, 0.25) is 0 Å². The zero-order chi connectivity index (χ0) is 17.3. The van der Waals surface area contributed by atoms with Crippen LogP contribution in [-0.2, 0) is 0 Å². The predicted molar refractivity (Wildman–Crippen MR) is 108 cm³/mol. The number of nitrogens with zero attached hydrogens (tertiary/aromatic N) is 1. The second-order valence-electron chi connectivity index (χ2n) is 9.81. The van der Waals surface area contributed by atoms with Crippen LogP contribution >= 0.6 is 23.5 Å². The number of rotatable bonds is 0. The molecule has 0 aromatic heterocycles. The highest BCUT2D eigenvalue weighted by Crippen LogP contribution is 2.68. The molecule has 0 amide bonds. The van der Waals surface area contributed by atoms with E-state index in [1.165, 1.54) is 56.5 Å². The third kappa shape index (κ3) is 2.29. The highest BCUT2D eigenvalue weighted by atomic mass is 32.2. The third-order valence-corrected chi connectivity index (χ3v) is 12.5. The van der Waals surface area contributed by atoms with Gasteiger partial charge in [0.1, 0.15) is 0 Å². The quantitative estimate of drug-likeness (QED) is 0.468. The van der Waals surface area contributed by atoms with Crippen molar-refractivity contribution in [2.75, 3.05) is 11.5 Å². The molecule has 0 aromatic carbocycles. The molecule has 6 atom stereocenters. The van der Waals surface area contributed by atoms with E-state index in [1.54, 1.807) is 0 Å². The first-order chi connectivity index (χ1) is 12.0. The normalized spacial score (nSPS) is 50.5. The minimum atomic E-state index is 0.320. The Balaban J connectivity index is 1.46. The summed E-state index contributed by atoms with van der Waals surface area (Å²) in [5.41, 5.74) is 2.60. The first-order valence-electron chi connectivity index (χ1n) is 10.4. The van der Waals surface area contributed by atoms with E-state index in [4.69, 9.17) is 0 Å². The van der Waals surface area contributed by atoms with Crippen molar-refractivity contribution in [3.8, 4) is 6.07 Å². The van der Waals surface area contributed by atoms with E-state index < -0.39 is 0 Å². The largest absolute Gasteiger partial charge is 0.198 e. The van der Waals surface area contributed by atoms with Crippen molar-refractivity contribution in [2.45, 2.75) is 69.3 Å². The molecule has 0 radical (unpaired) electrons. The fourth-order valence-corrected chi connectivity index (χ4v) is 10.7. The van der Waals surface area contributed by atoms with E-state index in [1.807, 2.05) is 5.57 Å². The van der Waals surface area contributed by atoms with Gasteiger partial charge in [0, 0.05) is 11.5 Å². The maximum absolute atomic E-state index is 9.66. The molecule has 1 saturated heterocycles. The van der Waals surface area contributed by atoms with Crippen LogP contribution in [0.3, 0.4) is 0 Å². The molecule has 3 heteroatoms. The van der Waals surface area contributed by atoms with Gasteiger partial charge >= 0.3 is 0 Å². The monoisotopic (exact) mass is 373 g/mol. The van der Waals surface area contributed by atoms with Crippen LogP contribution in [-0.4, -0.2) is 15.6 Å². The Labute approximate surface area is 161 Å². The Kier molecular flexibility index (Phi) is 3.90. The minimum absolute atomic E-state index is 0.320. The van der Waals surface area contributed by atoms with Crippen LogP contribution < -0.4 is 0 Å². The SMILES string of the molecule is C[C@]12CC[C@H]3[C@@H](CCC4=CC5(CC[C@@]43C)SCCS5)[C@@H]1CC[C@@H]2C#N. The summed E-state index contributed by atoms with van der Waals surface area (Å²) in [4.78, 5) is 0. The number of fused-ring (bicyclic) bond motifs is 5. The van der Waals surface area contributed by atoms with E-state index in [0.29, 0.717) is 20.8 Å². The molecule has 25 heavy (non-hydrogen) atoms. The topological polar surface area (TPSA) is 23.8 Å². The van der Waals surface area contributed by atoms with E-state index >= 15 is 0 Å². The molecule has 5 rings (SSSR count). The van der Waals surface area contributed by atoms with Crippen LogP contribution in [0.25, 0.3) is 0 Å². The number of thioether (sulfide) groups is 2. The van der Waals surface area contributed by atoms with Crippen LogP contribution in [0.1, 0.15) is 65.2 Å². The Bertz CT molecular complexity index is 643. The lowest BCUT2D eigenvalue weighted by Crippen LogP contribution is -2.51. The first kappa shape index (κ1) is 17.1. The predicted octanol–water partition coefficient (Wildman–Crippen LogP) is 6.27. The van der Waals surface area contributed by atoms with Crippen LogP contribution in [0.4, 0.5) is 0 Å². The van der Waals surface area contributed by atoms with E-state index in [0.717, 1.165) is 24.2 Å². The third-order valence-electron chi connectivity index (χ3n) is 9.05. The summed E-state index contributed by atoms with van der Waals surface area (Å²) in [6.45, 7) is 5.08. The van der Waals surface area contributed by atoms with Gasteiger partial charge in [0.05, 0.1) is 16.1 Å². The van der Waals surface area contributed by atoms with Gasteiger partial charge in [0.25, 0.3) is 0 Å². The molecule has 0 N–H and O–H groups in total. The van der Waals surface area contributed by atoms with Gasteiger partial charge in [-0.2, -0.15) is 5.26 Å². The summed E-state index contributed by atoms with van der Waals surface area (Å²) < 4.78 is 0.435. The summed E-state index contributed by atoms with van der Waals surface area (Å²) >= 11 is 4.44. The average molecular weight is 374 g/mol. The van der Waals surface area contributed by atoms with Crippen molar-refractivity contribution >= 4 is 23.5 Å². The van der Waals surface area contributed by atoms with Gasteiger partial charge in [-0.1, -0.05) is 25.5 Å². The van der Waals surface area contributed by atoms with Crippen LogP contribution in [0.5, 0.6) is 0 Å². The Hall–Kier alpha value is -0.0700. The molecular weight excluding hydrogens is 342 g/mol. The van der Waals surface area contributed by atoms with Gasteiger partial charge in [-0.3, -0.25) is 0 Å². The molecule has 0 bridgehead atoms. The van der Waals surface area contributed by atoms with Gasteiger partial charge < -0.3 is 0 Å². The molecular formula is C22H31NS2. The number of hydrogen-bond donors (Lipinski definition) is 0. The second kappa shape index (κ2) is 5.71. The zero-order valence-corrected chi connectivity index (χ0v) is 17.4. The molecule has 1 nitrogen and oxygen atoms in total. The number of allylic oxidation sites excluding steroid dienone is 1. The van der Waals surface area contributed by atoms with Crippen molar-refractivity contribution in [1.82, 2.24) is 0 Å². The van der Waals surface area contributed by atoms with E-state index in [-0.39, 0.29) is 0 Å². The molecule has 4 fully saturated rings. The summed E-state index contributed by atoms with van der Waals surface area (Å²) in [6.07, 6.45) is 13.4. The average Bonchev–Trinajstić information content (AvgIpc) is 3.19. The lowest BCUT2D eigenvalue weighted by Gasteiger charge is -2.59. The molecule has 1 heterocycles. The molecule has 0 aromatic rings. The van der Waals surface area contributed by atoms with Crippen molar-refractivity contribution in [2.24, 2.45) is 34.5 Å². The molecule has 136 valence electrons. The van der Waals surface area contributed by atoms with Gasteiger partial charge in [0.15, 0.2) is 0 Å². The summed E-state index contributed by atoms with van der Waals surface area (Å²) in [5.74, 6) is 5.60. The standard InChI is InChI=1S/C22H31NS2/c1-20-8-7-19-17(18(20)6-4-16(20)14-23)5-3-15-13-22(24-11-12-25-22)10-9-21(15,19)2/h13,16-19H,3-12H2,1-2H3/t16-,17+,18+,19+,20-,21+/m1/s1. The van der Waals surface area contributed by atoms with Gasteiger partial charge in [0.2, 0.25) is 0 Å². The molecule has 0 unspecified atom stereocenters. The van der Waals surface area contributed by atoms with Gasteiger partial charge in [-0.15, -0.1) is 23.5 Å². The molecule has 4 aliphatic carbocycles. The molecule has 1 aliphatic heterocycles. The minimum Gasteiger partial charge on any atom is -0.198 e. The second-order valence-corrected chi connectivity index (χ2v) is 12.9. The van der Waals surface area contributed by atoms with Crippen LogP contribution in [0.15, 0.2) is 11.6 Å². The van der Waals surface area contributed by atoms with Gasteiger partial charge in [-0.05, 0) is 80.0 Å². The Morgan fingerprint density at radius 1 is 1.00 bits per heavy atom. The Morgan fingerprint density at radius 3 is 2.56 bits per heavy atom. The highest BCUT2D eigenvalue weighted by Gasteiger charge is 2.59. The lowest BCUT2D eigenvalue weighted by molar-refractivity contribution is -0.0444. The zero-order valence-electron chi connectivity index (χ0n) is 15.7. The molecule has 5 aliphatic rings. The maximum atomic E-state index is 9.66. The first-order valence-corrected chi connectivity index (χ1v) is 12.4. The summed E-state index contributed by atoms with van der Waals surface area (Å²) in [6, 6.07) is 2.68. The maximum Gasteiger partial charge on any atom is 0.0795 e. The van der Waals surface area contributed by atoms with Crippen molar-refractivity contribution in [1.29, 1.82) is 5.26 Å². The number of nitriles is 1. The molecule has 1 spiro atoms.